The van der Waals surface area contributed by atoms with E-state index in [1.165, 1.54) is 5.56 Å². The molecule has 0 aliphatic carbocycles. The zero-order valence-corrected chi connectivity index (χ0v) is 10.9. The van der Waals surface area contributed by atoms with E-state index in [0.29, 0.717) is 6.04 Å². The van der Waals surface area contributed by atoms with Gasteiger partial charge in [0.05, 0.1) is 13.2 Å². The number of benzene rings is 1. The molecule has 0 bridgehead atoms. The molecule has 1 aliphatic rings. The van der Waals surface area contributed by atoms with Crippen LogP contribution in [0.2, 0.25) is 0 Å². The molecule has 94 valence electrons. The number of rotatable bonds is 4. The molecule has 1 aliphatic heterocycles. The third-order valence-corrected chi connectivity index (χ3v) is 3.89. The summed E-state index contributed by atoms with van der Waals surface area (Å²) in [6, 6.07) is 11.1. The van der Waals surface area contributed by atoms with Crippen LogP contribution in [0, 0.1) is 0 Å². The van der Waals surface area contributed by atoms with Crippen LogP contribution in [0.4, 0.5) is 0 Å². The van der Waals surface area contributed by atoms with E-state index in [-0.39, 0.29) is 5.54 Å². The Hall–Kier alpha value is -0.860. The summed E-state index contributed by atoms with van der Waals surface area (Å²) < 4.78 is 5.79. The summed E-state index contributed by atoms with van der Waals surface area (Å²) in [7, 11) is 0. The van der Waals surface area contributed by atoms with E-state index in [1.807, 2.05) is 0 Å². The van der Waals surface area contributed by atoms with Crippen LogP contribution >= 0.6 is 0 Å². The van der Waals surface area contributed by atoms with Crippen LogP contribution in [-0.4, -0.2) is 24.8 Å². The van der Waals surface area contributed by atoms with Gasteiger partial charge in [-0.2, -0.15) is 0 Å². The molecule has 17 heavy (non-hydrogen) atoms. The number of morpholine rings is 1. The standard InChI is InChI=1S/C15H23NO/c1-3-15(4-2)12-17-11-14(16-15)10-13-8-6-5-7-9-13/h5-9,14,16H,3-4,10-12H2,1-2H3/t14-/m0/s1. The van der Waals surface area contributed by atoms with Crippen LogP contribution in [0.3, 0.4) is 0 Å². The number of ether oxygens (including phenoxy) is 1. The second-order valence-electron chi connectivity index (χ2n) is 5.03. The van der Waals surface area contributed by atoms with E-state index in [2.05, 4.69) is 49.5 Å². The minimum atomic E-state index is 0.192. The molecule has 0 saturated carbocycles. The van der Waals surface area contributed by atoms with Gasteiger partial charge in [-0.1, -0.05) is 44.2 Å². The maximum atomic E-state index is 5.79. The molecule has 1 aromatic carbocycles. The molecule has 0 spiro atoms. The van der Waals surface area contributed by atoms with Crippen LogP contribution in [0.25, 0.3) is 0 Å². The van der Waals surface area contributed by atoms with Crippen LogP contribution < -0.4 is 5.32 Å². The Kier molecular flexibility index (Phi) is 4.19. The van der Waals surface area contributed by atoms with Crippen LogP contribution in [0.15, 0.2) is 30.3 Å². The first-order valence-corrected chi connectivity index (χ1v) is 6.67. The SMILES string of the molecule is CCC1(CC)COC[C@H](Cc2ccccc2)N1. The van der Waals surface area contributed by atoms with Gasteiger partial charge in [0, 0.05) is 11.6 Å². The first-order chi connectivity index (χ1) is 8.28. The molecule has 0 aromatic heterocycles. The van der Waals surface area contributed by atoms with Gasteiger partial charge < -0.3 is 10.1 Å². The van der Waals surface area contributed by atoms with E-state index >= 15 is 0 Å². The Balaban J connectivity index is 1.98. The number of hydrogen-bond donors (Lipinski definition) is 1. The zero-order valence-electron chi connectivity index (χ0n) is 10.9. The van der Waals surface area contributed by atoms with Gasteiger partial charge in [-0.3, -0.25) is 0 Å². The molecule has 1 aromatic rings. The predicted octanol–water partition coefficient (Wildman–Crippen LogP) is 2.78. The van der Waals surface area contributed by atoms with Crippen molar-refractivity contribution in [3.63, 3.8) is 0 Å². The van der Waals surface area contributed by atoms with E-state index in [0.717, 1.165) is 32.5 Å². The van der Waals surface area contributed by atoms with Crippen molar-refractivity contribution in [3.05, 3.63) is 35.9 Å². The fraction of sp³-hybridized carbons (Fsp3) is 0.600. The highest BCUT2D eigenvalue weighted by molar-refractivity contribution is 5.16. The zero-order chi connectivity index (χ0) is 12.1. The lowest BCUT2D eigenvalue weighted by Crippen LogP contribution is -2.59. The molecule has 1 N–H and O–H groups in total. The molecule has 0 unspecified atom stereocenters. The molecule has 0 radical (unpaired) electrons. The first kappa shape index (κ1) is 12.6. The summed E-state index contributed by atoms with van der Waals surface area (Å²) in [5.41, 5.74) is 1.58. The summed E-state index contributed by atoms with van der Waals surface area (Å²) >= 11 is 0. The molecule has 1 saturated heterocycles. The van der Waals surface area contributed by atoms with Gasteiger partial charge >= 0.3 is 0 Å². The lowest BCUT2D eigenvalue weighted by molar-refractivity contribution is -0.00510. The fourth-order valence-corrected chi connectivity index (χ4v) is 2.58. The average molecular weight is 233 g/mol. The van der Waals surface area contributed by atoms with Gasteiger partial charge in [-0.05, 0) is 24.8 Å². The topological polar surface area (TPSA) is 21.3 Å². The number of nitrogens with one attached hydrogen (secondary N) is 1. The first-order valence-electron chi connectivity index (χ1n) is 6.67. The Morgan fingerprint density at radius 3 is 2.59 bits per heavy atom. The van der Waals surface area contributed by atoms with Crippen molar-refractivity contribution in [2.24, 2.45) is 0 Å². The molecule has 1 heterocycles. The monoisotopic (exact) mass is 233 g/mol. The van der Waals surface area contributed by atoms with Crippen molar-refractivity contribution >= 4 is 0 Å². The van der Waals surface area contributed by atoms with Crippen molar-refractivity contribution in [1.82, 2.24) is 5.32 Å². The normalized spacial score (nSPS) is 23.5. The molecule has 2 nitrogen and oxygen atoms in total. The van der Waals surface area contributed by atoms with Crippen molar-refractivity contribution in [3.8, 4) is 0 Å². The number of hydrogen-bond acceptors (Lipinski definition) is 2. The fourth-order valence-electron chi connectivity index (χ4n) is 2.58. The lowest BCUT2D eigenvalue weighted by atomic mass is 9.90. The van der Waals surface area contributed by atoms with E-state index in [1.54, 1.807) is 0 Å². The third kappa shape index (κ3) is 3.08. The Bertz CT molecular complexity index is 332. The third-order valence-electron chi connectivity index (χ3n) is 3.89. The maximum Gasteiger partial charge on any atom is 0.0648 e. The molecular weight excluding hydrogens is 210 g/mol. The molecule has 0 amide bonds. The van der Waals surface area contributed by atoms with Crippen LogP contribution in [-0.2, 0) is 11.2 Å². The van der Waals surface area contributed by atoms with Crippen molar-refractivity contribution in [2.75, 3.05) is 13.2 Å². The van der Waals surface area contributed by atoms with Crippen LogP contribution in [0.1, 0.15) is 32.3 Å². The maximum absolute atomic E-state index is 5.79. The van der Waals surface area contributed by atoms with E-state index < -0.39 is 0 Å². The van der Waals surface area contributed by atoms with Crippen molar-refractivity contribution in [2.45, 2.75) is 44.7 Å². The Labute approximate surface area is 104 Å². The Morgan fingerprint density at radius 1 is 1.24 bits per heavy atom. The summed E-state index contributed by atoms with van der Waals surface area (Å²) in [4.78, 5) is 0. The minimum Gasteiger partial charge on any atom is -0.378 e. The summed E-state index contributed by atoms with van der Waals surface area (Å²) in [6.45, 7) is 6.16. The predicted molar refractivity (Wildman–Crippen MR) is 71.2 cm³/mol. The van der Waals surface area contributed by atoms with Gasteiger partial charge in [-0.25, -0.2) is 0 Å². The highest BCUT2D eigenvalue weighted by Crippen LogP contribution is 2.21. The Morgan fingerprint density at radius 2 is 1.94 bits per heavy atom. The minimum absolute atomic E-state index is 0.192. The van der Waals surface area contributed by atoms with Gasteiger partial charge in [0.15, 0.2) is 0 Å². The largest absolute Gasteiger partial charge is 0.378 e. The van der Waals surface area contributed by atoms with E-state index in [9.17, 15) is 0 Å². The summed E-state index contributed by atoms with van der Waals surface area (Å²) in [6.07, 6.45) is 3.33. The van der Waals surface area contributed by atoms with Gasteiger partial charge in [0.1, 0.15) is 0 Å². The molecule has 1 atom stereocenters. The summed E-state index contributed by atoms with van der Waals surface area (Å²) in [5.74, 6) is 0. The van der Waals surface area contributed by atoms with Crippen molar-refractivity contribution in [1.29, 1.82) is 0 Å². The smallest absolute Gasteiger partial charge is 0.0648 e. The molecule has 2 heteroatoms. The van der Waals surface area contributed by atoms with Gasteiger partial charge in [0.2, 0.25) is 0 Å². The summed E-state index contributed by atoms with van der Waals surface area (Å²) in [5, 5.41) is 3.79. The van der Waals surface area contributed by atoms with Crippen LogP contribution in [0.5, 0.6) is 0 Å². The highest BCUT2D eigenvalue weighted by atomic mass is 16.5. The second kappa shape index (κ2) is 5.65. The van der Waals surface area contributed by atoms with Crippen molar-refractivity contribution < 1.29 is 4.74 Å². The van der Waals surface area contributed by atoms with Gasteiger partial charge in [-0.15, -0.1) is 0 Å². The highest BCUT2D eigenvalue weighted by Gasteiger charge is 2.33. The molecular formula is C15H23NO. The quantitative estimate of drug-likeness (QED) is 0.863. The van der Waals surface area contributed by atoms with E-state index in [4.69, 9.17) is 4.74 Å². The second-order valence-corrected chi connectivity index (χ2v) is 5.03. The lowest BCUT2D eigenvalue weighted by Gasteiger charge is -2.41. The molecule has 2 rings (SSSR count). The molecule has 1 fully saturated rings. The van der Waals surface area contributed by atoms with Gasteiger partial charge in [0.25, 0.3) is 0 Å². The average Bonchev–Trinajstić information content (AvgIpc) is 2.40.